The van der Waals surface area contributed by atoms with E-state index in [0.29, 0.717) is 11.4 Å². The van der Waals surface area contributed by atoms with Crippen LogP contribution in [0.5, 0.6) is 0 Å². The molecular weight excluding hydrogens is 358 g/mol. The molecule has 2 rings (SSSR count). The predicted molar refractivity (Wildman–Crippen MR) is 94.6 cm³/mol. The number of pyridine rings is 1. The molecule has 26 heavy (non-hydrogen) atoms. The van der Waals surface area contributed by atoms with Gasteiger partial charge >= 0.3 is 5.97 Å². The normalized spacial score (nSPS) is 11.0. The summed E-state index contributed by atoms with van der Waals surface area (Å²) >= 11 is 0. The van der Waals surface area contributed by atoms with Gasteiger partial charge in [0, 0.05) is 25.4 Å². The lowest BCUT2D eigenvalue weighted by molar-refractivity contribution is -0.144. The maximum atomic E-state index is 12.2. The summed E-state index contributed by atoms with van der Waals surface area (Å²) in [5.41, 5.74) is 1.11. The Morgan fingerprint density at radius 1 is 1.12 bits per heavy atom. The molecule has 9 heteroatoms. The number of rotatable bonds is 8. The van der Waals surface area contributed by atoms with Crippen LogP contribution in [0.4, 0.5) is 5.69 Å². The second-order valence-electron chi connectivity index (χ2n) is 5.34. The summed E-state index contributed by atoms with van der Waals surface area (Å²) in [6, 6.07) is 11.0. The van der Waals surface area contributed by atoms with Gasteiger partial charge in [-0.15, -0.1) is 0 Å². The number of carbonyl (C=O) groups excluding carboxylic acids is 2. The van der Waals surface area contributed by atoms with Crippen molar-refractivity contribution in [2.75, 3.05) is 11.9 Å². The summed E-state index contributed by atoms with van der Waals surface area (Å²) in [4.78, 5) is 26.7. The molecule has 0 aliphatic heterocycles. The molecule has 0 aliphatic rings. The first kappa shape index (κ1) is 19.5. The molecule has 0 spiro atoms. The number of sulfonamides is 1. The molecule has 0 atom stereocenters. The van der Waals surface area contributed by atoms with Crippen molar-refractivity contribution in [1.82, 2.24) is 9.71 Å². The predicted octanol–water partition coefficient (Wildman–Crippen LogP) is 1.45. The minimum atomic E-state index is -3.75. The minimum Gasteiger partial charge on any atom is -0.459 e. The van der Waals surface area contributed by atoms with Gasteiger partial charge in [-0.2, -0.15) is 0 Å². The number of anilines is 1. The zero-order valence-corrected chi connectivity index (χ0v) is 15.0. The fraction of sp³-hybridized carbons (Fsp3) is 0.235. The molecule has 1 amide bonds. The van der Waals surface area contributed by atoms with E-state index < -0.39 is 16.0 Å². The van der Waals surface area contributed by atoms with E-state index in [1.807, 2.05) is 0 Å². The number of hydrogen-bond donors (Lipinski definition) is 2. The van der Waals surface area contributed by atoms with Crippen molar-refractivity contribution >= 4 is 27.6 Å². The highest BCUT2D eigenvalue weighted by Gasteiger charge is 2.14. The summed E-state index contributed by atoms with van der Waals surface area (Å²) in [6.45, 7) is 1.31. The summed E-state index contributed by atoms with van der Waals surface area (Å²) in [5, 5.41) is 2.55. The Bertz CT molecular complexity index is 852. The highest BCUT2D eigenvalue weighted by molar-refractivity contribution is 7.89. The first-order valence-corrected chi connectivity index (χ1v) is 9.28. The van der Waals surface area contributed by atoms with Gasteiger partial charge in [0.15, 0.2) is 0 Å². The van der Waals surface area contributed by atoms with Crippen LogP contribution < -0.4 is 10.0 Å². The molecule has 0 aliphatic carbocycles. The third-order valence-electron chi connectivity index (χ3n) is 3.21. The number of ether oxygens (including phenoxy) is 1. The number of amides is 1. The molecule has 1 aromatic carbocycles. The zero-order valence-electron chi connectivity index (χ0n) is 14.1. The lowest BCUT2D eigenvalue weighted by Gasteiger charge is -2.08. The van der Waals surface area contributed by atoms with Gasteiger partial charge in [0.1, 0.15) is 6.61 Å². The molecule has 8 nitrogen and oxygen atoms in total. The number of carbonyl (C=O) groups is 2. The van der Waals surface area contributed by atoms with E-state index >= 15 is 0 Å². The van der Waals surface area contributed by atoms with Crippen molar-refractivity contribution in [2.24, 2.45) is 0 Å². The van der Waals surface area contributed by atoms with Crippen molar-refractivity contribution in [3.8, 4) is 0 Å². The van der Waals surface area contributed by atoms with Gasteiger partial charge in [0.2, 0.25) is 15.9 Å². The van der Waals surface area contributed by atoms with E-state index in [2.05, 4.69) is 15.0 Å². The largest absolute Gasteiger partial charge is 0.459 e. The molecule has 138 valence electrons. The van der Waals surface area contributed by atoms with Crippen molar-refractivity contribution in [3.63, 3.8) is 0 Å². The number of aromatic nitrogens is 1. The van der Waals surface area contributed by atoms with Crippen LogP contribution in [0.25, 0.3) is 0 Å². The maximum absolute atomic E-state index is 12.2. The smallest absolute Gasteiger partial charge is 0.307 e. The molecule has 0 fully saturated rings. The Morgan fingerprint density at radius 3 is 2.46 bits per heavy atom. The Hall–Kier alpha value is -2.78. The molecule has 0 saturated carbocycles. The second-order valence-corrected chi connectivity index (χ2v) is 7.10. The van der Waals surface area contributed by atoms with Crippen molar-refractivity contribution in [3.05, 3.63) is 54.4 Å². The summed E-state index contributed by atoms with van der Waals surface area (Å²) in [7, 11) is -3.75. The van der Waals surface area contributed by atoms with Gasteiger partial charge in [-0.05, 0) is 36.4 Å². The van der Waals surface area contributed by atoms with E-state index in [-0.39, 0.29) is 30.4 Å². The van der Waals surface area contributed by atoms with Gasteiger partial charge in [-0.1, -0.05) is 6.07 Å². The molecule has 0 radical (unpaired) electrons. The molecule has 0 bridgehead atoms. The van der Waals surface area contributed by atoms with Crippen LogP contribution >= 0.6 is 0 Å². The van der Waals surface area contributed by atoms with Gasteiger partial charge < -0.3 is 10.1 Å². The van der Waals surface area contributed by atoms with E-state index in [1.54, 1.807) is 24.4 Å². The van der Waals surface area contributed by atoms with E-state index in [9.17, 15) is 18.0 Å². The van der Waals surface area contributed by atoms with E-state index in [1.165, 1.54) is 31.2 Å². The molecule has 2 aromatic rings. The molecular formula is C17H19N3O5S. The Morgan fingerprint density at radius 2 is 1.85 bits per heavy atom. The number of nitrogens with zero attached hydrogens (tertiary/aromatic N) is 1. The Balaban J connectivity index is 1.80. The first-order valence-electron chi connectivity index (χ1n) is 7.80. The summed E-state index contributed by atoms with van der Waals surface area (Å²) in [6.07, 6.45) is 1.49. The van der Waals surface area contributed by atoms with Gasteiger partial charge in [0.25, 0.3) is 0 Å². The quantitative estimate of drug-likeness (QED) is 0.673. The number of nitrogens with one attached hydrogen (secondary N) is 2. The topological polar surface area (TPSA) is 114 Å². The maximum Gasteiger partial charge on any atom is 0.307 e. The standard InChI is InChI=1S/C17H19N3O5S/c1-13(21)20-14-5-7-16(8-6-14)26(23,24)19-11-9-17(22)25-12-15-4-2-3-10-18-15/h2-8,10,19H,9,11-12H2,1H3,(H,20,21). The monoisotopic (exact) mass is 377 g/mol. The SMILES string of the molecule is CC(=O)Nc1ccc(S(=O)(=O)NCCC(=O)OCc2ccccn2)cc1. The van der Waals surface area contributed by atoms with Crippen LogP contribution in [0.2, 0.25) is 0 Å². The average Bonchev–Trinajstić information content (AvgIpc) is 2.61. The van der Waals surface area contributed by atoms with E-state index in [4.69, 9.17) is 4.74 Å². The summed E-state index contributed by atoms with van der Waals surface area (Å²) in [5.74, 6) is -0.776. The lowest BCUT2D eigenvalue weighted by atomic mass is 10.3. The Kier molecular flexibility index (Phi) is 6.81. The summed E-state index contributed by atoms with van der Waals surface area (Å²) < 4.78 is 31.7. The van der Waals surface area contributed by atoms with Crippen LogP contribution in [0.3, 0.4) is 0 Å². The molecule has 0 unspecified atom stereocenters. The third kappa shape index (κ3) is 6.26. The van der Waals surface area contributed by atoms with Crippen molar-refractivity contribution < 1.29 is 22.7 Å². The first-order chi connectivity index (χ1) is 12.4. The van der Waals surface area contributed by atoms with E-state index in [0.717, 1.165) is 0 Å². The minimum absolute atomic E-state index is 0.0356. The molecule has 1 aromatic heterocycles. The molecule has 0 saturated heterocycles. The zero-order chi connectivity index (χ0) is 19.0. The van der Waals surface area contributed by atoms with Crippen molar-refractivity contribution in [1.29, 1.82) is 0 Å². The number of benzene rings is 1. The number of esters is 1. The van der Waals surface area contributed by atoms with Gasteiger partial charge in [-0.25, -0.2) is 13.1 Å². The highest BCUT2D eigenvalue weighted by Crippen LogP contribution is 2.14. The van der Waals surface area contributed by atoms with Gasteiger partial charge in [-0.3, -0.25) is 14.6 Å². The van der Waals surface area contributed by atoms with Crippen LogP contribution in [0, 0.1) is 0 Å². The van der Waals surface area contributed by atoms with Crippen LogP contribution in [-0.2, 0) is 31.0 Å². The van der Waals surface area contributed by atoms with Gasteiger partial charge in [0.05, 0.1) is 17.0 Å². The fourth-order valence-corrected chi connectivity index (χ4v) is 3.03. The van der Waals surface area contributed by atoms with Crippen LogP contribution in [0.15, 0.2) is 53.6 Å². The third-order valence-corrected chi connectivity index (χ3v) is 4.69. The van der Waals surface area contributed by atoms with Crippen LogP contribution in [0.1, 0.15) is 19.0 Å². The number of hydrogen-bond acceptors (Lipinski definition) is 6. The second kappa shape index (κ2) is 9.07. The molecule has 1 heterocycles. The molecule has 2 N–H and O–H groups in total. The van der Waals surface area contributed by atoms with Crippen LogP contribution in [-0.4, -0.2) is 31.8 Å². The Labute approximate surface area is 151 Å². The average molecular weight is 377 g/mol. The lowest BCUT2D eigenvalue weighted by Crippen LogP contribution is -2.26. The fourth-order valence-electron chi connectivity index (χ4n) is 2.00. The van der Waals surface area contributed by atoms with Crippen molar-refractivity contribution in [2.45, 2.75) is 24.8 Å². The highest BCUT2D eigenvalue weighted by atomic mass is 32.2.